The van der Waals surface area contributed by atoms with Gasteiger partial charge in [0.1, 0.15) is 0 Å². The summed E-state index contributed by atoms with van der Waals surface area (Å²) < 4.78 is 11.3. The van der Waals surface area contributed by atoms with Crippen LogP contribution in [0.2, 0.25) is 0 Å². The number of nitrogens with one attached hydrogen (secondary N) is 1. The highest BCUT2D eigenvalue weighted by atomic mass is 19.2. The topological polar surface area (TPSA) is 42.7 Å². The van der Waals surface area contributed by atoms with Crippen molar-refractivity contribution in [1.29, 1.82) is 0 Å². The van der Waals surface area contributed by atoms with Gasteiger partial charge >= 0.3 is 0 Å². The molecule has 0 aliphatic rings. The molecule has 0 unspecified atom stereocenters. The molecule has 0 saturated carbocycles. The lowest BCUT2D eigenvalue weighted by Gasteiger charge is -1.93. The van der Waals surface area contributed by atoms with Crippen LogP contribution < -0.4 is 5.54 Å². The second-order valence-corrected chi connectivity index (χ2v) is 1.51. The Morgan fingerprint density at radius 3 is 2.67 bits per heavy atom. The zero-order valence-electron chi connectivity index (χ0n) is 4.79. The van der Waals surface area contributed by atoms with E-state index in [0.717, 1.165) is 0 Å². The maximum atomic E-state index is 11.3. The molecule has 4 nitrogen and oxygen atoms in total. The van der Waals surface area contributed by atoms with Gasteiger partial charge in [-0.25, -0.2) is 0 Å². The number of rotatable bonds is 3. The molecule has 1 N–H and O–H groups in total. The third-order valence-electron chi connectivity index (χ3n) is 0.873. The summed E-state index contributed by atoms with van der Waals surface area (Å²) in [6, 6.07) is 0. The van der Waals surface area contributed by atoms with Gasteiger partial charge in [-0.1, -0.05) is 0 Å². The third-order valence-corrected chi connectivity index (χ3v) is 0.873. The van der Waals surface area contributed by atoms with E-state index in [-0.39, 0.29) is 6.54 Å². The van der Waals surface area contributed by atoms with Crippen LogP contribution in [0.25, 0.3) is 0 Å². The average Bonchev–Trinajstić information content (AvgIpc) is 2.34. The average molecular weight is 130 g/mol. The van der Waals surface area contributed by atoms with Gasteiger partial charge < -0.3 is 0 Å². The van der Waals surface area contributed by atoms with E-state index in [0.29, 0.717) is 6.54 Å². The first-order chi connectivity index (χ1) is 4.43. The van der Waals surface area contributed by atoms with E-state index in [4.69, 9.17) is 0 Å². The second kappa shape index (κ2) is 3.13. The van der Waals surface area contributed by atoms with Crippen molar-refractivity contribution in [3.63, 3.8) is 0 Å². The Bertz CT molecular complexity index is 150. The molecule has 0 bridgehead atoms. The van der Waals surface area contributed by atoms with E-state index in [9.17, 15) is 4.48 Å². The van der Waals surface area contributed by atoms with E-state index < -0.39 is 0 Å². The van der Waals surface area contributed by atoms with Crippen LogP contribution in [-0.2, 0) is 6.54 Å². The fourth-order valence-electron chi connectivity index (χ4n) is 0.501. The van der Waals surface area contributed by atoms with Gasteiger partial charge in [0.15, 0.2) is 0 Å². The molecule has 0 aliphatic carbocycles. The normalized spacial score (nSPS) is 9.89. The molecule has 50 valence electrons. The Balaban J connectivity index is 2.30. The van der Waals surface area contributed by atoms with Gasteiger partial charge in [-0.15, -0.1) is 4.48 Å². The Labute approximate surface area is 51.6 Å². The zero-order chi connectivity index (χ0) is 6.53. The minimum Gasteiger partial charge on any atom is -0.184 e. The van der Waals surface area contributed by atoms with Crippen molar-refractivity contribution in [2.75, 3.05) is 6.54 Å². The van der Waals surface area contributed by atoms with Gasteiger partial charge in [0.05, 0.1) is 18.9 Å². The summed E-state index contributed by atoms with van der Waals surface area (Å²) in [7, 11) is 0. The lowest BCUT2D eigenvalue weighted by atomic mass is 10.7. The highest BCUT2D eigenvalue weighted by Gasteiger charge is 1.87. The van der Waals surface area contributed by atoms with Crippen LogP contribution in [0, 0.1) is 0 Å². The summed E-state index contributed by atoms with van der Waals surface area (Å²) >= 11 is 0. The van der Waals surface area contributed by atoms with Crippen LogP contribution in [-0.4, -0.2) is 21.5 Å². The lowest BCUT2D eigenvalue weighted by Crippen LogP contribution is -2.13. The van der Waals surface area contributed by atoms with E-state index in [2.05, 4.69) is 10.2 Å². The molecule has 1 aromatic rings. The largest absolute Gasteiger partial charge is 0.184 e. The fraction of sp³-hybridized carbons (Fsp3) is 0.500. The van der Waals surface area contributed by atoms with Crippen LogP contribution in [0.1, 0.15) is 0 Å². The van der Waals surface area contributed by atoms with Crippen molar-refractivity contribution in [3.8, 4) is 0 Å². The van der Waals surface area contributed by atoms with E-state index in [1.165, 1.54) is 10.3 Å². The van der Waals surface area contributed by atoms with Crippen molar-refractivity contribution < 1.29 is 4.48 Å². The summed E-state index contributed by atoms with van der Waals surface area (Å²) in [6.07, 6.45) is 3.11. The lowest BCUT2D eigenvalue weighted by molar-refractivity contribution is 0.313. The summed E-state index contributed by atoms with van der Waals surface area (Å²) in [5.74, 6) is 0. The molecule has 0 aromatic carbocycles. The number of hydrogen-bond donors (Lipinski definition) is 1. The molecule has 0 saturated heterocycles. The van der Waals surface area contributed by atoms with Crippen LogP contribution in [0.5, 0.6) is 0 Å². The van der Waals surface area contributed by atoms with Gasteiger partial charge in [-0.3, -0.25) is 0 Å². The molecule has 0 atom stereocenters. The maximum absolute atomic E-state index is 11.3. The monoisotopic (exact) mass is 130 g/mol. The van der Waals surface area contributed by atoms with Crippen LogP contribution in [0.3, 0.4) is 0 Å². The molecular weight excluding hydrogens is 123 g/mol. The van der Waals surface area contributed by atoms with Crippen molar-refractivity contribution in [2.45, 2.75) is 6.54 Å². The Morgan fingerprint density at radius 1 is 1.44 bits per heavy atom. The minimum absolute atomic E-state index is 0.245. The molecule has 0 spiro atoms. The van der Waals surface area contributed by atoms with Gasteiger partial charge in [0, 0.05) is 6.54 Å². The molecule has 0 radical (unpaired) electrons. The summed E-state index contributed by atoms with van der Waals surface area (Å²) in [5.41, 5.74) is 1.51. The number of hydrogen-bond acceptors (Lipinski definition) is 3. The first-order valence-corrected chi connectivity index (χ1v) is 2.61. The summed E-state index contributed by atoms with van der Waals surface area (Å²) in [6.45, 7) is 0.707. The number of halogens is 1. The first-order valence-electron chi connectivity index (χ1n) is 2.61. The zero-order valence-corrected chi connectivity index (χ0v) is 4.79. The molecule has 0 aliphatic heterocycles. The van der Waals surface area contributed by atoms with Gasteiger partial charge in [0.2, 0.25) is 0 Å². The molecule has 0 amide bonds. The minimum atomic E-state index is 0.245. The molecule has 1 aromatic heterocycles. The molecule has 1 heterocycles. The SMILES string of the molecule is FNCCn1nccn1. The second-order valence-electron chi connectivity index (χ2n) is 1.51. The molecule has 0 fully saturated rings. The van der Waals surface area contributed by atoms with E-state index in [1.54, 1.807) is 12.4 Å². The van der Waals surface area contributed by atoms with Crippen LogP contribution in [0.4, 0.5) is 4.48 Å². The van der Waals surface area contributed by atoms with Crippen LogP contribution >= 0.6 is 0 Å². The predicted molar refractivity (Wildman–Crippen MR) is 29.1 cm³/mol. The number of nitrogens with zero attached hydrogens (tertiary/aromatic N) is 3. The molecule has 1 rings (SSSR count). The summed E-state index contributed by atoms with van der Waals surface area (Å²) in [4.78, 5) is 1.41. The van der Waals surface area contributed by atoms with Crippen molar-refractivity contribution in [3.05, 3.63) is 12.4 Å². The quantitative estimate of drug-likeness (QED) is 0.574. The van der Waals surface area contributed by atoms with E-state index in [1.807, 2.05) is 0 Å². The van der Waals surface area contributed by atoms with E-state index >= 15 is 0 Å². The van der Waals surface area contributed by atoms with Crippen molar-refractivity contribution in [1.82, 2.24) is 20.5 Å². The Kier molecular flexibility index (Phi) is 2.14. The predicted octanol–water partition coefficient (Wildman–Crippen LogP) is -0.248. The highest BCUT2D eigenvalue weighted by molar-refractivity contribution is 4.59. The molecular formula is C4H7FN4. The molecule has 5 heteroatoms. The maximum Gasteiger partial charge on any atom is 0.0757 e. The summed E-state index contributed by atoms with van der Waals surface area (Å²) in [5, 5.41) is 7.51. The van der Waals surface area contributed by atoms with Gasteiger partial charge in [0.25, 0.3) is 0 Å². The van der Waals surface area contributed by atoms with Crippen LogP contribution in [0.15, 0.2) is 12.4 Å². The highest BCUT2D eigenvalue weighted by Crippen LogP contribution is 1.75. The van der Waals surface area contributed by atoms with Gasteiger partial charge in [-0.05, 0) is 0 Å². The Morgan fingerprint density at radius 2 is 2.11 bits per heavy atom. The Hall–Kier alpha value is -0.970. The fourth-order valence-corrected chi connectivity index (χ4v) is 0.501. The standard InChI is InChI=1S/C4H7FN4/c5-6-3-4-9-7-1-2-8-9/h1-2,6H,3-4H2. The van der Waals surface area contributed by atoms with Crippen molar-refractivity contribution in [2.24, 2.45) is 0 Å². The smallest absolute Gasteiger partial charge is 0.0757 e. The van der Waals surface area contributed by atoms with Gasteiger partial charge in [-0.2, -0.15) is 20.5 Å². The first kappa shape index (κ1) is 6.15. The number of aromatic nitrogens is 3. The third kappa shape index (κ3) is 1.77. The molecule has 9 heavy (non-hydrogen) atoms. The van der Waals surface area contributed by atoms with Crippen molar-refractivity contribution >= 4 is 0 Å².